The minimum Gasteiger partial charge on any atom is -0.478 e. The summed E-state index contributed by atoms with van der Waals surface area (Å²) >= 11 is 0. The molecule has 0 unspecified atom stereocenters. The molecule has 0 spiro atoms. The van der Waals surface area contributed by atoms with Crippen LogP contribution in [-0.2, 0) is 23.9 Å². The highest BCUT2D eigenvalue weighted by atomic mass is 16.5. The standard InChI is InChI=1S/C13H19N3O2.2C4H4O4/c1-15-6-8-16(9-7-15)10-11-18-13(17)12-2-4-14-5-3-12;2*5-3(6)1-2-4(7)8/h2-5H,6-11H2,1H3;2*1-2H,(H,5,6)(H,7,8)/b;2*2-1-. The fraction of sp³-hybridized carbons (Fsp3) is 0.333. The Labute approximate surface area is 195 Å². The van der Waals surface area contributed by atoms with Crippen molar-refractivity contribution in [1.82, 2.24) is 14.8 Å². The lowest BCUT2D eigenvalue weighted by Gasteiger charge is -2.32. The van der Waals surface area contributed by atoms with Crippen LogP contribution in [0, 0.1) is 0 Å². The van der Waals surface area contributed by atoms with Crippen LogP contribution in [0.15, 0.2) is 48.8 Å². The Bertz CT molecular complexity index is 797. The number of nitrogens with zero attached hydrogens (tertiary/aromatic N) is 3. The molecule has 1 saturated heterocycles. The van der Waals surface area contributed by atoms with Gasteiger partial charge in [-0.1, -0.05) is 0 Å². The predicted octanol–water partition coefficient (Wildman–Crippen LogP) is -0.0906. The number of aromatic nitrogens is 1. The lowest BCUT2D eigenvalue weighted by molar-refractivity contribution is -0.134. The van der Waals surface area contributed by atoms with E-state index in [1.165, 1.54) is 0 Å². The molecule has 4 N–H and O–H groups in total. The van der Waals surface area contributed by atoms with Crippen molar-refractivity contribution in [3.63, 3.8) is 0 Å². The molecule has 186 valence electrons. The molecule has 0 bridgehead atoms. The third-order valence-corrected chi connectivity index (χ3v) is 3.89. The van der Waals surface area contributed by atoms with E-state index in [0.717, 1.165) is 32.7 Å². The zero-order valence-electron chi connectivity index (χ0n) is 18.4. The zero-order chi connectivity index (χ0) is 25.9. The molecule has 1 fully saturated rings. The number of rotatable bonds is 8. The van der Waals surface area contributed by atoms with Gasteiger partial charge in [0.1, 0.15) is 6.61 Å². The molecule has 0 amide bonds. The van der Waals surface area contributed by atoms with Crippen molar-refractivity contribution in [2.45, 2.75) is 0 Å². The third kappa shape index (κ3) is 17.6. The van der Waals surface area contributed by atoms with Crippen LogP contribution in [0.2, 0.25) is 0 Å². The van der Waals surface area contributed by atoms with Crippen molar-refractivity contribution in [2.75, 3.05) is 46.4 Å². The molecule has 0 saturated carbocycles. The maximum absolute atomic E-state index is 11.7. The van der Waals surface area contributed by atoms with E-state index in [4.69, 9.17) is 25.2 Å². The first-order valence-corrected chi connectivity index (χ1v) is 9.77. The molecule has 34 heavy (non-hydrogen) atoms. The molecular weight excluding hydrogens is 454 g/mol. The summed E-state index contributed by atoms with van der Waals surface area (Å²) in [5.74, 6) is -5.30. The first-order valence-electron chi connectivity index (χ1n) is 9.77. The number of carboxylic acid groups (broad SMARTS) is 4. The van der Waals surface area contributed by atoms with E-state index in [1.807, 2.05) is 0 Å². The summed E-state index contributed by atoms with van der Waals surface area (Å²) < 4.78 is 5.24. The largest absolute Gasteiger partial charge is 0.478 e. The average Bonchev–Trinajstić information content (AvgIpc) is 2.79. The summed E-state index contributed by atoms with van der Waals surface area (Å²) in [5.41, 5.74) is 0.559. The average molecular weight is 481 g/mol. The molecule has 2 heterocycles. The van der Waals surface area contributed by atoms with E-state index in [2.05, 4.69) is 21.8 Å². The summed E-state index contributed by atoms with van der Waals surface area (Å²) in [6, 6.07) is 3.33. The minimum absolute atomic E-state index is 0.272. The topological polar surface area (TPSA) is 195 Å². The third-order valence-electron chi connectivity index (χ3n) is 3.89. The van der Waals surface area contributed by atoms with Gasteiger partial charge >= 0.3 is 29.8 Å². The van der Waals surface area contributed by atoms with E-state index in [-0.39, 0.29) is 5.97 Å². The fourth-order valence-electron chi connectivity index (χ4n) is 2.20. The van der Waals surface area contributed by atoms with Crippen molar-refractivity contribution in [2.24, 2.45) is 0 Å². The van der Waals surface area contributed by atoms with Gasteiger partial charge in [0.05, 0.1) is 5.56 Å². The number of ether oxygens (including phenoxy) is 1. The van der Waals surface area contributed by atoms with Crippen LogP contribution < -0.4 is 0 Å². The summed E-state index contributed by atoms with van der Waals surface area (Å²) in [6.07, 6.45) is 5.42. The van der Waals surface area contributed by atoms with Gasteiger partial charge < -0.3 is 30.1 Å². The van der Waals surface area contributed by atoms with E-state index < -0.39 is 23.9 Å². The van der Waals surface area contributed by atoms with Crippen molar-refractivity contribution >= 4 is 29.8 Å². The van der Waals surface area contributed by atoms with E-state index in [0.29, 0.717) is 36.5 Å². The Morgan fingerprint density at radius 2 is 1.24 bits per heavy atom. The van der Waals surface area contributed by atoms with Crippen LogP contribution in [-0.4, -0.2) is 111 Å². The molecule has 0 aliphatic carbocycles. The van der Waals surface area contributed by atoms with Crippen LogP contribution in [0.3, 0.4) is 0 Å². The summed E-state index contributed by atoms with van der Waals surface area (Å²) in [6.45, 7) is 5.51. The van der Waals surface area contributed by atoms with Gasteiger partial charge in [-0.25, -0.2) is 24.0 Å². The normalized spacial score (nSPS) is 13.8. The highest BCUT2D eigenvalue weighted by Gasteiger charge is 2.14. The summed E-state index contributed by atoms with van der Waals surface area (Å²) in [4.78, 5) is 58.4. The highest BCUT2D eigenvalue weighted by Crippen LogP contribution is 2.01. The smallest absolute Gasteiger partial charge is 0.338 e. The zero-order valence-corrected chi connectivity index (χ0v) is 18.4. The van der Waals surface area contributed by atoms with Gasteiger partial charge in [0.15, 0.2) is 0 Å². The fourth-order valence-corrected chi connectivity index (χ4v) is 2.20. The van der Waals surface area contributed by atoms with E-state index >= 15 is 0 Å². The number of esters is 1. The predicted molar refractivity (Wildman–Crippen MR) is 117 cm³/mol. The number of carboxylic acids is 4. The number of pyridine rings is 1. The minimum atomic E-state index is -1.26. The van der Waals surface area contributed by atoms with Crippen LogP contribution in [0.5, 0.6) is 0 Å². The molecule has 1 aromatic rings. The van der Waals surface area contributed by atoms with E-state index in [1.54, 1.807) is 24.5 Å². The number of carbonyl (C=O) groups is 5. The maximum atomic E-state index is 11.7. The number of likely N-dealkylation sites (N-methyl/N-ethyl adjacent to an activating group) is 1. The monoisotopic (exact) mass is 481 g/mol. The molecule has 1 aromatic heterocycles. The molecule has 13 nitrogen and oxygen atoms in total. The number of carbonyl (C=O) groups excluding carboxylic acids is 1. The molecular formula is C21H27N3O10. The number of hydrogen-bond acceptors (Lipinski definition) is 9. The van der Waals surface area contributed by atoms with Crippen LogP contribution >= 0.6 is 0 Å². The number of aliphatic carboxylic acids is 4. The van der Waals surface area contributed by atoms with Crippen LogP contribution in [0.25, 0.3) is 0 Å². The van der Waals surface area contributed by atoms with Gasteiger partial charge in [-0.05, 0) is 19.2 Å². The molecule has 1 aliphatic rings. The quantitative estimate of drug-likeness (QED) is 0.284. The Morgan fingerprint density at radius 3 is 1.62 bits per heavy atom. The van der Waals surface area contributed by atoms with Crippen molar-refractivity contribution in [3.05, 3.63) is 54.4 Å². The second kappa shape index (κ2) is 17.5. The first-order chi connectivity index (χ1) is 16.0. The molecule has 13 heteroatoms. The molecule has 2 rings (SSSR count). The van der Waals surface area contributed by atoms with Crippen molar-refractivity contribution in [1.29, 1.82) is 0 Å². The highest BCUT2D eigenvalue weighted by molar-refractivity contribution is 5.90. The molecule has 0 aromatic carbocycles. The van der Waals surface area contributed by atoms with Crippen LogP contribution in [0.4, 0.5) is 0 Å². The van der Waals surface area contributed by atoms with Crippen LogP contribution in [0.1, 0.15) is 10.4 Å². The lowest BCUT2D eigenvalue weighted by atomic mass is 10.3. The van der Waals surface area contributed by atoms with Gasteiger partial charge in [-0.2, -0.15) is 0 Å². The number of piperazine rings is 1. The SMILES string of the molecule is CN1CCN(CCOC(=O)c2ccncc2)CC1.O=C(O)/C=C\C(=O)O.O=C(O)/C=C\C(=O)O. The summed E-state index contributed by atoms with van der Waals surface area (Å²) in [7, 11) is 2.13. The molecule has 0 atom stereocenters. The maximum Gasteiger partial charge on any atom is 0.338 e. The van der Waals surface area contributed by atoms with Gasteiger partial charge in [0.2, 0.25) is 0 Å². The molecule has 1 aliphatic heterocycles. The van der Waals surface area contributed by atoms with E-state index in [9.17, 15) is 24.0 Å². The van der Waals surface area contributed by atoms with Gasteiger partial charge in [-0.3, -0.25) is 9.88 Å². The Morgan fingerprint density at radius 1 is 0.824 bits per heavy atom. The van der Waals surface area contributed by atoms with Gasteiger partial charge in [0.25, 0.3) is 0 Å². The Balaban J connectivity index is 0.000000570. The lowest BCUT2D eigenvalue weighted by Crippen LogP contribution is -2.45. The van der Waals surface area contributed by atoms with Crippen molar-refractivity contribution < 1.29 is 49.1 Å². The second-order valence-corrected chi connectivity index (χ2v) is 6.54. The van der Waals surface area contributed by atoms with Crippen molar-refractivity contribution in [3.8, 4) is 0 Å². The Kier molecular flexibility index (Phi) is 15.4. The van der Waals surface area contributed by atoms with Gasteiger partial charge in [-0.15, -0.1) is 0 Å². The Hall–Kier alpha value is -4.10. The van der Waals surface area contributed by atoms with Gasteiger partial charge in [0, 0.05) is 69.4 Å². The second-order valence-electron chi connectivity index (χ2n) is 6.54. The summed E-state index contributed by atoms with van der Waals surface area (Å²) in [5, 5.41) is 31.2. The first kappa shape index (κ1) is 29.9. The number of hydrogen-bond donors (Lipinski definition) is 4. The molecule has 0 radical (unpaired) electrons.